The number of methoxy groups -OCH3 is 1. The quantitative estimate of drug-likeness (QED) is 0.350. The molecular formula is C32H34F2N6O2. The number of hydrogen-bond acceptors (Lipinski definition) is 8. The Morgan fingerprint density at radius 3 is 2.74 bits per heavy atom. The van der Waals surface area contributed by atoms with Crippen LogP contribution in [0.5, 0.6) is 11.8 Å². The van der Waals surface area contributed by atoms with Gasteiger partial charge in [-0.3, -0.25) is 9.88 Å². The van der Waals surface area contributed by atoms with E-state index >= 15 is 4.39 Å². The second-order valence-electron chi connectivity index (χ2n) is 12.3. The molecule has 4 aliphatic rings. The van der Waals surface area contributed by atoms with Crippen molar-refractivity contribution in [3.63, 3.8) is 0 Å². The first-order chi connectivity index (χ1) is 20.5. The van der Waals surface area contributed by atoms with Crippen LogP contribution in [0.25, 0.3) is 32.9 Å². The molecule has 218 valence electrons. The number of nitrogens with one attached hydrogen (secondary N) is 1. The van der Waals surface area contributed by atoms with E-state index in [0.29, 0.717) is 47.6 Å². The summed E-state index contributed by atoms with van der Waals surface area (Å²) in [5.41, 5.74) is 0.652. The van der Waals surface area contributed by atoms with Gasteiger partial charge in [-0.25, -0.2) is 8.78 Å². The molecule has 4 saturated heterocycles. The predicted molar refractivity (Wildman–Crippen MR) is 157 cm³/mol. The highest BCUT2D eigenvalue weighted by molar-refractivity contribution is 6.00. The number of fused-ring (bicyclic) bond motifs is 5. The first-order valence-corrected chi connectivity index (χ1v) is 15.0. The van der Waals surface area contributed by atoms with Crippen molar-refractivity contribution in [2.24, 2.45) is 0 Å². The van der Waals surface area contributed by atoms with Gasteiger partial charge in [0.05, 0.1) is 18.0 Å². The number of piperazine rings is 1. The first kappa shape index (κ1) is 26.0. The van der Waals surface area contributed by atoms with Gasteiger partial charge in [0.25, 0.3) is 0 Å². The van der Waals surface area contributed by atoms with Crippen molar-refractivity contribution < 1.29 is 18.3 Å². The van der Waals surface area contributed by atoms with E-state index in [-0.39, 0.29) is 29.4 Å². The molecule has 8 rings (SSSR count). The molecule has 4 fully saturated rings. The molecule has 0 saturated carbocycles. The number of pyridine rings is 1. The summed E-state index contributed by atoms with van der Waals surface area (Å²) >= 11 is 0. The highest BCUT2D eigenvalue weighted by atomic mass is 19.1. The van der Waals surface area contributed by atoms with Crippen LogP contribution in [0.15, 0.2) is 42.6 Å². The van der Waals surface area contributed by atoms with E-state index in [0.717, 1.165) is 56.1 Å². The molecule has 0 spiro atoms. The van der Waals surface area contributed by atoms with Gasteiger partial charge in [0.1, 0.15) is 35.6 Å². The van der Waals surface area contributed by atoms with Gasteiger partial charge in [0.15, 0.2) is 5.82 Å². The third-order valence-electron chi connectivity index (χ3n) is 9.72. The number of alkyl halides is 1. The molecule has 2 unspecified atom stereocenters. The first-order valence-electron chi connectivity index (χ1n) is 15.0. The van der Waals surface area contributed by atoms with Crippen molar-refractivity contribution >= 4 is 27.5 Å². The average molecular weight is 573 g/mol. The molecule has 4 aliphatic heterocycles. The van der Waals surface area contributed by atoms with Crippen LogP contribution in [0.1, 0.15) is 32.1 Å². The van der Waals surface area contributed by atoms with Gasteiger partial charge in [-0.1, -0.05) is 24.3 Å². The number of ether oxygens (including phenoxy) is 2. The minimum Gasteiger partial charge on any atom is -0.497 e. The van der Waals surface area contributed by atoms with Gasteiger partial charge >= 0.3 is 6.01 Å². The normalized spacial score (nSPS) is 27.2. The van der Waals surface area contributed by atoms with Crippen molar-refractivity contribution in [2.45, 2.75) is 55.9 Å². The molecule has 4 atom stereocenters. The monoisotopic (exact) mass is 572 g/mol. The van der Waals surface area contributed by atoms with E-state index in [1.165, 1.54) is 0 Å². The van der Waals surface area contributed by atoms with Crippen LogP contribution in [0.3, 0.4) is 0 Å². The van der Waals surface area contributed by atoms with Gasteiger partial charge in [-0.2, -0.15) is 9.97 Å². The zero-order chi connectivity index (χ0) is 28.4. The predicted octanol–water partition coefficient (Wildman–Crippen LogP) is 4.89. The largest absolute Gasteiger partial charge is 0.497 e. The molecule has 1 N–H and O–H groups in total. The maximum atomic E-state index is 16.7. The highest BCUT2D eigenvalue weighted by Crippen LogP contribution is 2.41. The van der Waals surface area contributed by atoms with Crippen molar-refractivity contribution in [1.29, 1.82) is 0 Å². The number of hydrogen-bond donors (Lipinski definition) is 1. The summed E-state index contributed by atoms with van der Waals surface area (Å²) in [6.45, 7) is 3.13. The average Bonchev–Trinajstić information content (AvgIpc) is 3.65. The van der Waals surface area contributed by atoms with Crippen molar-refractivity contribution in [2.75, 3.05) is 44.8 Å². The van der Waals surface area contributed by atoms with E-state index in [2.05, 4.69) is 25.1 Å². The molecular weight excluding hydrogens is 538 g/mol. The Morgan fingerprint density at radius 1 is 1.07 bits per heavy atom. The second kappa shape index (κ2) is 9.98. The van der Waals surface area contributed by atoms with Crippen LogP contribution in [0.4, 0.5) is 14.6 Å². The Labute approximate surface area is 243 Å². The lowest BCUT2D eigenvalue weighted by molar-refractivity contribution is 0.107. The maximum absolute atomic E-state index is 16.7. The van der Waals surface area contributed by atoms with Gasteiger partial charge in [0.2, 0.25) is 0 Å². The van der Waals surface area contributed by atoms with E-state index in [4.69, 9.17) is 14.5 Å². The highest BCUT2D eigenvalue weighted by Gasteiger charge is 2.49. The van der Waals surface area contributed by atoms with E-state index in [9.17, 15) is 4.39 Å². The minimum atomic E-state index is -0.859. The van der Waals surface area contributed by atoms with Gasteiger partial charge in [0, 0.05) is 49.9 Å². The fourth-order valence-corrected chi connectivity index (χ4v) is 7.73. The van der Waals surface area contributed by atoms with Crippen LogP contribution in [0.2, 0.25) is 0 Å². The second-order valence-corrected chi connectivity index (χ2v) is 12.3. The van der Waals surface area contributed by atoms with Crippen LogP contribution >= 0.6 is 0 Å². The summed E-state index contributed by atoms with van der Waals surface area (Å²) in [6, 6.07) is 12.4. The number of benzene rings is 2. The minimum absolute atomic E-state index is 0.124. The molecule has 0 radical (unpaired) electrons. The lowest BCUT2D eigenvalue weighted by Gasteiger charge is -2.34. The number of rotatable bonds is 6. The Hall–Kier alpha value is -3.63. The maximum Gasteiger partial charge on any atom is 0.319 e. The fourth-order valence-electron chi connectivity index (χ4n) is 7.73. The molecule has 42 heavy (non-hydrogen) atoms. The molecule has 2 aromatic carbocycles. The SMILES string of the molecule is COc1cc(-c2ncc3c(N4C[C@H]5CC[C@@H](C4)N5)nc(OCC45CCCN4CC(F)C5)nc3c2F)c2ccccc2c1. The van der Waals surface area contributed by atoms with Crippen LogP contribution in [-0.4, -0.2) is 83.5 Å². The zero-order valence-corrected chi connectivity index (χ0v) is 23.7. The lowest BCUT2D eigenvalue weighted by Crippen LogP contribution is -2.51. The summed E-state index contributed by atoms with van der Waals surface area (Å²) in [5.74, 6) is 0.733. The molecule has 10 heteroatoms. The molecule has 0 amide bonds. The standard InChI is InChI=1S/C32H34F2N6O2/c1-41-23-11-19-5-2-3-6-24(19)25(12-23)28-27(34)29-26(14-35-28)30(39-16-21-7-8-22(17-39)36-21)38-31(37-29)42-18-32-9-4-10-40(32)15-20(33)13-32/h2-3,5-6,11-12,14,20-22,36H,4,7-10,13,15-18H2,1H3/t20?,21-,22+,32?. The van der Waals surface area contributed by atoms with Gasteiger partial charge in [-0.05, 0) is 55.1 Å². The Balaban J connectivity index is 1.25. The molecule has 0 aliphatic carbocycles. The summed E-state index contributed by atoms with van der Waals surface area (Å²) in [7, 11) is 1.60. The van der Waals surface area contributed by atoms with Gasteiger partial charge < -0.3 is 19.7 Å². The molecule has 4 aromatic rings. The molecule has 6 heterocycles. The number of anilines is 1. The van der Waals surface area contributed by atoms with Crippen molar-refractivity contribution in [1.82, 2.24) is 25.2 Å². The lowest BCUT2D eigenvalue weighted by atomic mass is 9.95. The summed E-state index contributed by atoms with van der Waals surface area (Å²) in [5, 5.41) is 6.01. The van der Waals surface area contributed by atoms with Crippen LogP contribution in [0, 0.1) is 5.82 Å². The fraction of sp³-hybridized carbons (Fsp3) is 0.469. The van der Waals surface area contributed by atoms with Crippen LogP contribution < -0.4 is 19.7 Å². The van der Waals surface area contributed by atoms with Crippen molar-refractivity contribution in [3.05, 3.63) is 48.4 Å². The Morgan fingerprint density at radius 2 is 1.90 bits per heavy atom. The third-order valence-corrected chi connectivity index (χ3v) is 9.72. The Kier molecular flexibility index (Phi) is 6.19. The van der Waals surface area contributed by atoms with E-state index in [1.807, 2.05) is 36.4 Å². The number of nitrogens with zero attached hydrogens (tertiary/aromatic N) is 5. The summed E-state index contributed by atoms with van der Waals surface area (Å²) in [6.07, 6.45) is 5.38. The Bertz CT molecular complexity index is 1670. The van der Waals surface area contributed by atoms with Crippen molar-refractivity contribution in [3.8, 4) is 23.0 Å². The van der Waals surface area contributed by atoms with Crippen LogP contribution in [-0.2, 0) is 0 Å². The molecule has 8 nitrogen and oxygen atoms in total. The number of halogens is 2. The smallest absolute Gasteiger partial charge is 0.319 e. The number of aromatic nitrogens is 3. The molecule has 2 aromatic heterocycles. The summed E-state index contributed by atoms with van der Waals surface area (Å²) in [4.78, 5) is 18.6. The summed E-state index contributed by atoms with van der Waals surface area (Å²) < 4.78 is 42.9. The third kappa shape index (κ3) is 4.26. The van der Waals surface area contributed by atoms with E-state index < -0.39 is 12.0 Å². The molecule has 2 bridgehead atoms. The van der Waals surface area contributed by atoms with Gasteiger partial charge in [-0.15, -0.1) is 0 Å². The van der Waals surface area contributed by atoms with E-state index in [1.54, 1.807) is 13.3 Å². The zero-order valence-electron chi connectivity index (χ0n) is 23.7. The topological polar surface area (TPSA) is 75.6 Å².